The Balaban J connectivity index is 1.69. The minimum atomic E-state index is -4.51. The molecule has 2 aliphatic rings. The number of imidazole rings is 1. The third-order valence-electron chi connectivity index (χ3n) is 3.40. The maximum atomic E-state index is 10.7. The van der Waals surface area contributed by atoms with Crippen molar-refractivity contribution in [3.8, 4) is 0 Å². The van der Waals surface area contributed by atoms with Crippen LogP contribution in [0.15, 0.2) is 11.3 Å². The SMILES string of the molecule is NC1=N[C@H](O)c2ncn([C@H]3CC[C@@H](COP(=O)(O)O)O3)c2N1. The molecule has 3 heterocycles. The number of aliphatic hydroxyl groups is 1. The molecule has 0 aliphatic carbocycles. The van der Waals surface area contributed by atoms with Crippen molar-refractivity contribution in [3.05, 3.63) is 12.0 Å². The molecule has 0 spiro atoms. The number of aliphatic hydroxyl groups excluding tert-OH is 1. The number of guanidine groups is 1. The summed E-state index contributed by atoms with van der Waals surface area (Å²) in [4.78, 5) is 25.2. The van der Waals surface area contributed by atoms with Crippen molar-refractivity contribution in [1.82, 2.24) is 9.55 Å². The van der Waals surface area contributed by atoms with Gasteiger partial charge in [0.25, 0.3) is 0 Å². The number of anilines is 1. The number of fused-ring (bicyclic) bond motifs is 1. The molecule has 0 radical (unpaired) electrons. The van der Waals surface area contributed by atoms with Gasteiger partial charge in [0.15, 0.2) is 12.2 Å². The van der Waals surface area contributed by atoms with Gasteiger partial charge in [-0.1, -0.05) is 0 Å². The van der Waals surface area contributed by atoms with Crippen molar-refractivity contribution in [2.75, 3.05) is 11.9 Å². The molecule has 3 rings (SSSR count). The Morgan fingerprint density at radius 3 is 3.05 bits per heavy atom. The Morgan fingerprint density at radius 2 is 2.32 bits per heavy atom. The maximum Gasteiger partial charge on any atom is 0.469 e. The van der Waals surface area contributed by atoms with E-state index in [9.17, 15) is 9.67 Å². The number of hydrogen-bond acceptors (Lipinski definition) is 8. The largest absolute Gasteiger partial charge is 0.469 e. The van der Waals surface area contributed by atoms with E-state index in [1.807, 2.05) is 0 Å². The Hall–Kier alpha value is -1.49. The standard InChI is InChI=1S/C10H16N5O6P/c11-10-13-8-7(9(16)14-10)12-4-15(8)6-2-1-5(21-6)3-20-22(17,18)19/h4-6,9,16H,1-3H2,(H3,11,13,14)(H2,17,18,19)/t5-,6+,9+/m0/s1. The number of ether oxygens (including phenoxy) is 1. The number of aliphatic imine (C=N–C) groups is 1. The summed E-state index contributed by atoms with van der Waals surface area (Å²) in [5.41, 5.74) is 5.92. The van der Waals surface area contributed by atoms with Gasteiger partial charge in [-0.05, 0) is 12.8 Å². The fourth-order valence-corrected chi connectivity index (χ4v) is 2.81. The van der Waals surface area contributed by atoms with E-state index < -0.39 is 26.4 Å². The third kappa shape index (κ3) is 3.14. The van der Waals surface area contributed by atoms with Crippen LogP contribution in [0.5, 0.6) is 0 Å². The topological polar surface area (TPSA) is 164 Å². The van der Waals surface area contributed by atoms with Crippen LogP contribution in [0, 0.1) is 0 Å². The van der Waals surface area contributed by atoms with Gasteiger partial charge in [-0.25, -0.2) is 14.5 Å². The first-order chi connectivity index (χ1) is 10.3. The average Bonchev–Trinajstić information content (AvgIpc) is 3.01. The van der Waals surface area contributed by atoms with E-state index in [1.165, 1.54) is 6.33 Å². The highest BCUT2D eigenvalue weighted by molar-refractivity contribution is 7.46. The first-order valence-corrected chi connectivity index (χ1v) is 8.07. The van der Waals surface area contributed by atoms with E-state index in [0.29, 0.717) is 24.4 Å². The fraction of sp³-hybridized carbons (Fsp3) is 0.600. The van der Waals surface area contributed by atoms with Gasteiger partial charge in [-0.3, -0.25) is 9.09 Å². The van der Waals surface area contributed by atoms with Crippen molar-refractivity contribution in [3.63, 3.8) is 0 Å². The molecule has 0 aromatic carbocycles. The van der Waals surface area contributed by atoms with Gasteiger partial charge in [-0.2, -0.15) is 0 Å². The van der Waals surface area contributed by atoms with Crippen LogP contribution in [0.1, 0.15) is 31.0 Å². The van der Waals surface area contributed by atoms with Crippen molar-refractivity contribution in [2.24, 2.45) is 10.7 Å². The molecule has 1 fully saturated rings. The predicted molar refractivity (Wildman–Crippen MR) is 73.6 cm³/mol. The van der Waals surface area contributed by atoms with Crippen LogP contribution in [0.3, 0.4) is 0 Å². The lowest BCUT2D eigenvalue weighted by Gasteiger charge is -2.21. The van der Waals surface area contributed by atoms with Crippen molar-refractivity contribution in [2.45, 2.75) is 31.4 Å². The maximum absolute atomic E-state index is 10.7. The van der Waals surface area contributed by atoms with Gasteiger partial charge < -0.3 is 30.7 Å². The number of phosphoric ester groups is 1. The molecule has 1 aromatic rings. The number of phosphoric acid groups is 1. The zero-order valence-corrected chi connectivity index (χ0v) is 12.3. The number of hydrogen-bond donors (Lipinski definition) is 5. The molecule has 0 unspecified atom stereocenters. The minimum Gasteiger partial charge on any atom is -0.370 e. The average molecular weight is 333 g/mol. The molecule has 0 amide bonds. The van der Waals surface area contributed by atoms with Crippen LogP contribution < -0.4 is 11.1 Å². The number of nitrogens with two attached hydrogens (primary N) is 1. The second-order valence-corrected chi connectivity index (χ2v) is 6.21. The number of rotatable bonds is 4. The van der Waals surface area contributed by atoms with E-state index in [2.05, 4.69) is 19.8 Å². The van der Waals surface area contributed by atoms with Gasteiger partial charge in [0.2, 0.25) is 0 Å². The first kappa shape index (κ1) is 15.4. The summed E-state index contributed by atoms with van der Waals surface area (Å²) in [6.07, 6.45) is 0.706. The molecule has 0 bridgehead atoms. The van der Waals surface area contributed by atoms with Crippen LogP contribution in [-0.4, -0.2) is 43.1 Å². The van der Waals surface area contributed by atoms with Gasteiger partial charge >= 0.3 is 7.82 Å². The Bertz CT molecular complexity index is 642. The first-order valence-electron chi connectivity index (χ1n) is 6.54. The summed E-state index contributed by atoms with van der Waals surface area (Å²) >= 11 is 0. The summed E-state index contributed by atoms with van der Waals surface area (Å²) in [7, 11) is -4.51. The normalized spacial score (nSPS) is 28.1. The van der Waals surface area contributed by atoms with Crippen molar-refractivity contribution < 1.29 is 28.7 Å². The lowest BCUT2D eigenvalue weighted by molar-refractivity contribution is -0.0213. The second kappa shape index (κ2) is 5.61. The lowest BCUT2D eigenvalue weighted by Crippen LogP contribution is -2.30. The van der Waals surface area contributed by atoms with Gasteiger partial charge in [0, 0.05) is 0 Å². The van der Waals surface area contributed by atoms with E-state index in [1.54, 1.807) is 4.57 Å². The minimum absolute atomic E-state index is 0.0705. The second-order valence-electron chi connectivity index (χ2n) is 4.98. The summed E-state index contributed by atoms with van der Waals surface area (Å²) in [6, 6.07) is 0. The molecule has 2 aliphatic heterocycles. The Kier molecular flexibility index (Phi) is 3.93. The fourth-order valence-electron chi connectivity index (χ4n) is 2.45. The predicted octanol–water partition coefficient (Wildman–Crippen LogP) is -0.599. The zero-order chi connectivity index (χ0) is 15.9. The number of aromatic nitrogens is 2. The summed E-state index contributed by atoms with van der Waals surface area (Å²) in [5.74, 6) is 0.558. The summed E-state index contributed by atoms with van der Waals surface area (Å²) < 4.78 is 22.5. The highest BCUT2D eigenvalue weighted by Crippen LogP contribution is 2.39. The monoisotopic (exact) mass is 333 g/mol. The van der Waals surface area contributed by atoms with Crippen LogP contribution >= 0.6 is 7.82 Å². The molecular weight excluding hydrogens is 317 g/mol. The molecule has 122 valence electrons. The van der Waals surface area contributed by atoms with Crippen molar-refractivity contribution >= 4 is 19.6 Å². The van der Waals surface area contributed by atoms with Crippen LogP contribution in [0.2, 0.25) is 0 Å². The zero-order valence-electron chi connectivity index (χ0n) is 11.4. The quantitative estimate of drug-likeness (QED) is 0.452. The highest BCUT2D eigenvalue weighted by Gasteiger charge is 2.32. The summed E-state index contributed by atoms with van der Waals surface area (Å²) in [5, 5.41) is 12.6. The van der Waals surface area contributed by atoms with Crippen molar-refractivity contribution in [1.29, 1.82) is 0 Å². The lowest BCUT2D eigenvalue weighted by atomic mass is 10.2. The number of nitrogens with zero attached hydrogens (tertiary/aromatic N) is 3. The number of nitrogens with one attached hydrogen (secondary N) is 1. The molecular formula is C10H16N5O6P. The van der Waals surface area contributed by atoms with E-state index >= 15 is 0 Å². The molecule has 1 saturated heterocycles. The molecule has 0 saturated carbocycles. The van der Waals surface area contributed by atoms with Gasteiger partial charge in [0.05, 0.1) is 19.0 Å². The van der Waals surface area contributed by atoms with Gasteiger partial charge in [0.1, 0.15) is 17.7 Å². The Labute approximate surface area is 125 Å². The molecule has 3 atom stereocenters. The molecule has 1 aromatic heterocycles. The smallest absolute Gasteiger partial charge is 0.370 e. The highest BCUT2D eigenvalue weighted by atomic mass is 31.2. The molecule has 6 N–H and O–H groups in total. The van der Waals surface area contributed by atoms with E-state index in [0.717, 1.165) is 0 Å². The van der Waals surface area contributed by atoms with E-state index in [4.69, 9.17) is 20.3 Å². The van der Waals surface area contributed by atoms with Crippen LogP contribution in [-0.2, 0) is 13.8 Å². The molecule has 22 heavy (non-hydrogen) atoms. The molecule has 11 nitrogen and oxygen atoms in total. The third-order valence-corrected chi connectivity index (χ3v) is 3.88. The molecule has 12 heteroatoms. The van der Waals surface area contributed by atoms with Crippen LogP contribution in [0.4, 0.5) is 5.82 Å². The van der Waals surface area contributed by atoms with Gasteiger partial charge in [-0.15, -0.1) is 0 Å². The summed E-state index contributed by atoms with van der Waals surface area (Å²) in [6.45, 7) is -0.197. The van der Waals surface area contributed by atoms with Crippen LogP contribution in [0.25, 0.3) is 0 Å². The Morgan fingerprint density at radius 1 is 1.55 bits per heavy atom. The van der Waals surface area contributed by atoms with E-state index in [-0.39, 0.29) is 12.6 Å².